The second kappa shape index (κ2) is 4.76. The van der Waals surface area contributed by atoms with Gasteiger partial charge in [0.05, 0.1) is 17.6 Å². The number of H-pyrrole nitrogens is 1. The van der Waals surface area contributed by atoms with Crippen molar-refractivity contribution in [3.63, 3.8) is 0 Å². The molecule has 3 nitrogen and oxygen atoms in total. The van der Waals surface area contributed by atoms with Gasteiger partial charge in [-0.2, -0.15) is 0 Å². The molecule has 0 saturated carbocycles. The van der Waals surface area contributed by atoms with Gasteiger partial charge in [0.1, 0.15) is 5.75 Å². The van der Waals surface area contributed by atoms with Crippen LogP contribution in [0.2, 0.25) is 5.02 Å². The Hall–Kier alpha value is -1.19. The topological polar surface area (TPSA) is 51.0 Å². The molecule has 86 valence electrons. The molecule has 0 unspecified atom stereocenters. The van der Waals surface area contributed by atoms with Gasteiger partial charge in [0.15, 0.2) is 0 Å². The van der Waals surface area contributed by atoms with Crippen molar-refractivity contribution in [2.24, 2.45) is 5.73 Å². The maximum Gasteiger partial charge on any atom is 0.131 e. The van der Waals surface area contributed by atoms with Gasteiger partial charge in [-0.05, 0) is 37.1 Å². The van der Waals surface area contributed by atoms with Gasteiger partial charge in [-0.1, -0.05) is 11.6 Å². The van der Waals surface area contributed by atoms with Crippen LogP contribution in [-0.2, 0) is 6.42 Å². The third kappa shape index (κ3) is 1.88. The van der Waals surface area contributed by atoms with E-state index < -0.39 is 0 Å². The van der Waals surface area contributed by atoms with Crippen LogP contribution in [0.15, 0.2) is 18.3 Å². The number of benzene rings is 1. The van der Waals surface area contributed by atoms with Gasteiger partial charge in [0.2, 0.25) is 0 Å². The third-order valence-electron chi connectivity index (χ3n) is 2.68. The molecule has 1 aromatic carbocycles. The molecule has 1 heterocycles. The number of aromatic amines is 1. The minimum absolute atomic E-state index is 0.673. The van der Waals surface area contributed by atoms with Gasteiger partial charge in [0, 0.05) is 11.6 Å². The maximum absolute atomic E-state index is 6.19. The number of halogens is 1. The lowest BCUT2D eigenvalue weighted by atomic mass is 10.1. The molecule has 0 radical (unpaired) electrons. The van der Waals surface area contributed by atoms with Crippen molar-refractivity contribution in [2.45, 2.75) is 12.8 Å². The van der Waals surface area contributed by atoms with Crippen LogP contribution in [0.1, 0.15) is 12.0 Å². The largest absolute Gasteiger partial charge is 0.496 e. The van der Waals surface area contributed by atoms with Crippen LogP contribution in [0.4, 0.5) is 0 Å². The molecule has 3 N–H and O–H groups in total. The minimum atomic E-state index is 0.673. The molecular formula is C12H15ClN2O. The van der Waals surface area contributed by atoms with E-state index in [0.29, 0.717) is 6.54 Å². The van der Waals surface area contributed by atoms with E-state index in [1.807, 2.05) is 18.3 Å². The van der Waals surface area contributed by atoms with Crippen molar-refractivity contribution in [2.75, 3.05) is 13.7 Å². The lowest BCUT2D eigenvalue weighted by molar-refractivity contribution is 0.414. The van der Waals surface area contributed by atoms with Crippen molar-refractivity contribution in [3.8, 4) is 5.75 Å². The Kier molecular flexibility index (Phi) is 3.36. The number of rotatable bonds is 4. The number of nitrogens with one attached hydrogen (secondary N) is 1. The van der Waals surface area contributed by atoms with Crippen molar-refractivity contribution in [1.82, 2.24) is 4.98 Å². The van der Waals surface area contributed by atoms with E-state index in [4.69, 9.17) is 22.1 Å². The summed E-state index contributed by atoms with van der Waals surface area (Å²) in [6.07, 6.45) is 3.69. The van der Waals surface area contributed by atoms with E-state index in [2.05, 4.69) is 4.98 Å². The summed E-state index contributed by atoms with van der Waals surface area (Å²) in [4.78, 5) is 3.11. The summed E-state index contributed by atoms with van der Waals surface area (Å²) >= 11 is 6.19. The average Bonchev–Trinajstić information content (AvgIpc) is 2.76. The number of hydrogen-bond donors (Lipinski definition) is 2. The van der Waals surface area contributed by atoms with Crippen molar-refractivity contribution >= 4 is 22.5 Å². The zero-order valence-electron chi connectivity index (χ0n) is 9.22. The first-order valence-corrected chi connectivity index (χ1v) is 5.68. The Morgan fingerprint density at radius 1 is 1.50 bits per heavy atom. The smallest absolute Gasteiger partial charge is 0.131 e. The lowest BCUT2D eigenvalue weighted by Gasteiger charge is -2.10. The Bertz CT molecular complexity index is 493. The van der Waals surface area contributed by atoms with Gasteiger partial charge >= 0.3 is 0 Å². The molecule has 0 bridgehead atoms. The van der Waals surface area contributed by atoms with Crippen LogP contribution in [0, 0.1) is 0 Å². The van der Waals surface area contributed by atoms with Gasteiger partial charge in [-0.25, -0.2) is 0 Å². The predicted molar refractivity (Wildman–Crippen MR) is 67.2 cm³/mol. The Labute approximate surface area is 99.5 Å². The second-order valence-electron chi connectivity index (χ2n) is 3.71. The van der Waals surface area contributed by atoms with E-state index in [-0.39, 0.29) is 0 Å². The summed E-state index contributed by atoms with van der Waals surface area (Å²) in [5.74, 6) is 0.897. The molecule has 0 atom stereocenters. The summed E-state index contributed by atoms with van der Waals surface area (Å²) in [6.45, 7) is 0.673. The molecule has 1 aromatic heterocycles. The molecule has 0 fully saturated rings. The molecule has 0 aliphatic carbocycles. The standard InChI is InChI=1S/C12H15ClN2O/c1-16-12-8(3-2-5-14)7-10(13)11-9(12)4-6-15-11/h4,6-7,15H,2-3,5,14H2,1H3. The number of methoxy groups -OCH3 is 1. The van der Waals surface area contributed by atoms with E-state index in [1.165, 1.54) is 0 Å². The molecule has 0 aliphatic rings. The van der Waals surface area contributed by atoms with Gasteiger partial charge in [-0.15, -0.1) is 0 Å². The van der Waals surface area contributed by atoms with E-state index in [1.54, 1.807) is 7.11 Å². The number of aromatic nitrogens is 1. The van der Waals surface area contributed by atoms with Crippen LogP contribution < -0.4 is 10.5 Å². The number of aryl methyl sites for hydroxylation is 1. The first kappa shape index (κ1) is 11.3. The minimum Gasteiger partial charge on any atom is -0.496 e. The second-order valence-corrected chi connectivity index (χ2v) is 4.12. The zero-order chi connectivity index (χ0) is 11.5. The van der Waals surface area contributed by atoms with Gasteiger partial charge in [0.25, 0.3) is 0 Å². The lowest BCUT2D eigenvalue weighted by Crippen LogP contribution is -2.02. The van der Waals surface area contributed by atoms with Crippen molar-refractivity contribution < 1.29 is 4.74 Å². The van der Waals surface area contributed by atoms with E-state index in [9.17, 15) is 0 Å². The Balaban J connectivity index is 2.54. The zero-order valence-corrected chi connectivity index (χ0v) is 9.97. The van der Waals surface area contributed by atoms with Crippen LogP contribution in [-0.4, -0.2) is 18.6 Å². The fourth-order valence-corrected chi connectivity index (χ4v) is 2.23. The van der Waals surface area contributed by atoms with Crippen LogP contribution in [0.5, 0.6) is 5.75 Å². The molecule has 16 heavy (non-hydrogen) atoms. The Morgan fingerprint density at radius 2 is 2.31 bits per heavy atom. The van der Waals surface area contributed by atoms with Crippen LogP contribution in [0.25, 0.3) is 10.9 Å². The van der Waals surface area contributed by atoms with Crippen molar-refractivity contribution in [3.05, 3.63) is 28.9 Å². The highest BCUT2D eigenvalue weighted by Crippen LogP contribution is 2.34. The fourth-order valence-electron chi connectivity index (χ4n) is 1.94. The SMILES string of the molecule is COc1c(CCCN)cc(Cl)c2[nH]ccc12. The molecular weight excluding hydrogens is 224 g/mol. The highest BCUT2D eigenvalue weighted by Gasteiger charge is 2.12. The molecule has 0 amide bonds. The Morgan fingerprint density at radius 3 is 3.00 bits per heavy atom. The first-order valence-electron chi connectivity index (χ1n) is 5.30. The number of nitrogens with two attached hydrogens (primary N) is 1. The quantitative estimate of drug-likeness (QED) is 0.861. The predicted octanol–water partition coefficient (Wildman–Crippen LogP) is 2.72. The third-order valence-corrected chi connectivity index (χ3v) is 2.98. The summed E-state index contributed by atoms with van der Waals surface area (Å²) in [5.41, 5.74) is 7.56. The van der Waals surface area contributed by atoms with E-state index in [0.717, 1.165) is 40.1 Å². The fraction of sp³-hybridized carbons (Fsp3) is 0.333. The summed E-state index contributed by atoms with van der Waals surface area (Å²) in [5, 5.41) is 1.76. The van der Waals surface area contributed by atoms with Crippen molar-refractivity contribution in [1.29, 1.82) is 0 Å². The molecule has 4 heteroatoms. The monoisotopic (exact) mass is 238 g/mol. The summed E-state index contributed by atoms with van der Waals surface area (Å²) < 4.78 is 5.45. The summed E-state index contributed by atoms with van der Waals surface area (Å²) in [6, 6.07) is 3.93. The van der Waals surface area contributed by atoms with Crippen LogP contribution >= 0.6 is 11.6 Å². The molecule has 2 rings (SSSR count). The first-order chi connectivity index (χ1) is 7.77. The maximum atomic E-state index is 6.19. The number of ether oxygens (including phenoxy) is 1. The molecule has 0 spiro atoms. The van der Waals surface area contributed by atoms with E-state index >= 15 is 0 Å². The highest BCUT2D eigenvalue weighted by atomic mass is 35.5. The average molecular weight is 239 g/mol. The normalized spacial score (nSPS) is 10.9. The summed E-state index contributed by atoms with van der Waals surface area (Å²) in [7, 11) is 1.68. The van der Waals surface area contributed by atoms with Gasteiger partial charge in [-0.3, -0.25) is 0 Å². The molecule has 0 saturated heterocycles. The molecule has 0 aliphatic heterocycles. The number of hydrogen-bond acceptors (Lipinski definition) is 2. The highest BCUT2D eigenvalue weighted by molar-refractivity contribution is 6.35. The van der Waals surface area contributed by atoms with Gasteiger partial charge < -0.3 is 15.5 Å². The van der Waals surface area contributed by atoms with Crippen LogP contribution in [0.3, 0.4) is 0 Å². The number of fused-ring (bicyclic) bond motifs is 1. The molecule has 2 aromatic rings.